The van der Waals surface area contributed by atoms with E-state index in [4.69, 9.17) is 5.73 Å². The largest absolute Gasteiger partial charge is 0.346 e. The third-order valence-corrected chi connectivity index (χ3v) is 2.48. The van der Waals surface area contributed by atoms with Gasteiger partial charge in [0.15, 0.2) is 0 Å². The van der Waals surface area contributed by atoms with Gasteiger partial charge < -0.3 is 11.1 Å². The quantitative estimate of drug-likeness (QED) is 0.841. The van der Waals surface area contributed by atoms with Crippen molar-refractivity contribution in [3.05, 3.63) is 36.2 Å². The maximum Gasteiger partial charge on any atom is 0.277 e. The topological polar surface area (TPSA) is 72.4 Å². The Morgan fingerprint density at radius 3 is 3.00 bits per heavy atom. The van der Waals surface area contributed by atoms with Crippen molar-refractivity contribution >= 4 is 11.4 Å². The van der Waals surface area contributed by atoms with Crippen LogP contribution >= 0.6 is 0 Å². The van der Waals surface area contributed by atoms with Gasteiger partial charge in [-0.15, -0.1) is 0 Å². The molecule has 0 aliphatic rings. The fourth-order valence-electron chi connectivity index (χ4n) is 1.49. The molecule has 0 bridgehead atoms. The van der Waals surface area contributed by atoms with E-state index >= 15 is 0 Å². The number of amides is 1. The molecule has 2 aromatic heterocycles. The number of nitrogens with two attached hydrogens (primary N) is 1. The van der Waals surface area contributed by atoms with Crippen molar-refractivity contribution in [2.24, 2.45) is 5.73 Å². The highest BCUT2D eigenvalue weighted by Gasteiger charge is 2.27. The first kappa shape index (κ1) is 12.4. The average molecular weight is 254 g/mol. The van der Waals surface area contributed by atoms with Crippen molar-refractivity contribution in [2.45, 2.75) is 5.92 Å². The molecule has 0 atom stereocenters. The lowest BCUT2D eigenvalue weighted by atomic mass is 10.2. The third kappa shape index (κ3) is 2.45. The highest BCUT2D eigenvalue weighted by molar-refractivity contribution is 6.00. The molecular formula is C11H12F2N4O. The van der Waals surface area contributed by atoms with Crippen LogP contribution in [0.25, 0.3) is 5.52 Å². The Hall–Kier alpha value is -2.02. The summed E-state index contributed by atoms with van der Waals surface area (Å²) >= 11 is 0. The smallest absolute Gasteiger partial charge is 0.277 e. The number of carbonyl (C=O) groups excluding carboxylic acids is 1. The Labute approximate surface area is 102 Å². The van der Waals surface area contributed by atoms with Gasteiger partial charge in [-0.2, -0.15) is 5.10 Å². The number of hydrogen-bond donors (Lipinski definition) is 2. The van der Waals surface area contributed by atoms with E-state index in [0.717, 1.165) is 0 Å². The molecule has 0 saturated carbocycles. The molecular weight excluding hydrogens is 242 g/mol. The summed E-state index contributed by atoms with van der Waals surface area (Å²) in [5.74, 6) is -3.69. The summed E-state index contributed by atoms with van der Waals surface area (Å²) in [4.78, 5) is 11.7. The molecule has 0 aliphatic heterocycles. The zero-order chi connectivity index (χ0) is 13.2. The van der Waals surface area contributed by atoms with Crippen LogP contribution in [-0.2, 0) is 0 Å². The van der Waals surface area contributed by atoms with Crippen LogP contribution in [0.4, 0.5) is 8.78 Å². The Morgan fingerprint density at radius 2 is 2.28 bits per heavy atom. The van der Waals surface area contributed by atoms with Crippen molar-refractivity contribution in [3.63, 3.8) is 0 Å². The van der Waals surface area contributed by atoms with Gasteiger partial charge in [0.1, 0.15) is 0 Å². The van der Waals surface area contributed by atoms with E-state index in [9.17, 15) is 13.6 Å². The monoisotopic (exact) mass is 254 g/mol. The lowest BCUT2D eigenvalue weighted by molar-refractivity contribution is 0.0119. The molecule has 0 unspecified atom stereocenters. The van der Waals surface area contributed by atoms with E-state index in [1.807, 2.05) is 0 Å². The van der Waals surface area contributed by atoms with Crippen LogP contribution in [0, 0.1) is 0 Å². The van der Waals surface area contributed by atoms with Crippen LogP contribution in [-0.4, -0.2) is 34.5 Å². The minimum absolute atomic E-state index is 0.253. The van der Waals surface area contributed by atoms with Crippen LogP contribution < -0.4 is 11.1 Å². The predicted molar refractivity (Wildman–Crippen MR) is 61.5 cm³/mol. The molecule has 7 heteroatoms. The summed E-state index contributed by atoms with van der Waals surface area (Å²) in [7, 11) is 0. The Morgan fingerprint density at radius 1 is 1.50 bits per heavy atom. The first-order valence-corrected chi connectivity index (χ1v) is 5.32. The number of hydrogen-bond acceptors (Lipinski definition) is 3. The number of halogens is 2. The third-order valence-electron chi connectivity index (χ3n) is 2.48. The summed E-state index contributed by atoms with van der Waals surface area (Å²) in [6, 6.07) is 5.18. The Bertz CT molecular complexity index is 567. The van der Waals surface area contributed by atoms with Crippen molar-refractivity contribution in [3.8, 4) is 0 Å². The SMILES string of the molecule is NCC(F)(F)CNC(=O)c1cnn2ccccc12. The molecule has 0 aromatic carbocycles. The zero-order valence-corrected chi connectivity index (χ0v) is 9.44. The molecule has 5 nitrogen and oxygen atoms in total. The minimum Gasteiger partial charge on any atom is -0.346 e. The van der Waals surface area contributed by atoms with Gasteiger partial charge >= 0.3 is 0 Å². The Kier molecular flexibility index (Phi) is 3.24. The zero-order valence-electron chi connectivity index (χ0n) is 9.44. The Balaban J connectivity index is 2.14. The number of rotatable bonds is 4. The fraction of sp³-hybridized carbons (Fsp3) is 0.273. The van der Waals surface area contributed by atoms with E-state index in [0.29, 0.717) is 5.52 Å². The second-order valence-electron chi connectivity index (χ2n) is 3.83. The number of alkyl halides is 2. The van der Waals surface area contributed by atoms with Gasteiger partial charge in [0, 0.05) is 6.20 Å². The van der Waals surface area contributed by atoms with Crippen molar-refractivity contribution in [1.29, 1.82) is 0 Å². The lowest BCUT2D eigenvalue weighted by Crippen LogP contribution is -2.41. The van der Waals surface area contributed by atoms with Gasteiger partial charge in [-0.25, -0.2) is 13.3 Å². The number of aromatic nitrogens is 2. The van der Waals surface area contributed by atoms with Gasteiger partial charge in [-0.3, -0.25) is 4.79 Å². The highest BCUT2D eigenvalue weighted by atomic mass is 19.3. The fourth-order valence-corrected chi connectivity index (χ4v) is 1.49. The molecule has 2 rings (SSSR count). The summed E-state index contributed by atoms with van der Waals surface area (Å²) in [5, 5.41) is 6.09. The number of nitrogens with one attached hydrogen (secondary N) is 1. The van der Waals surface area contributed by atoms with Crippen molar-refractivity contribution in [1.82, 2.24) is 14.9 Å². The second kappa shape index (κ2) is 4.69. The number of fused-ring (bicyclic) bond motifs is 1. The molecule has 0 aliphatic carbocycles. The average Bonchev–Trinajstić information content (AvgIpc) is 2.80. The van der Waals surface area contributed by atoms with Crippen molar-refractivity contribution < 1.29 is 13.6 Å². The van der Waals surface area contributed by atoms with Gasteiger partial charge in [0.05, 0.1) is 30.4 Å². The van der Waals surface area contributed by atoms with E-state index in [1.54, 1.807) is 24.4 Å². The minimum atomic E-state index is -3.10. The maximum absolute atomic E-state index is 12.9. The first-order valence-electron chi connectivity index (χ1n) is 5.32. The van der Waals surface area contributed by atoms with Crippen LogP contribution in [0.3, 0.4) is 0 Å². The molecule has 1 amide bonds. The number of carbonyl (C=O) groups is 1. The number of pyridine rings is 1. The summed E-state index contributed by atoms with van der Waals surface area (Å²) in [5.41, 5.74) is 5.70. The molecule has 2 aromatic rings. The van der Waals surface area contributed by atoms with Gasteiger partial charge in [-0.1, -0.05) is 6.07 Å². The second-order valence-corrected chi connectivity index (χ2v) is 3.83. The molecule has 2 heterocycles. The van der Waals surface area contributed by atoms with E-state index in [2.05, 4.69) is 10.4 Å². The maximum atomic E-state index is 12.9. The van der Waals surface area contributed by atoms with Gasteiger partial charge in [-0.05, 0) is 12.1 Å². The van der Waals surface area contributed by atoms with E-state index < -0.39 is 24.9 Å². The lowest BCUT2D eigenvalue weighted by Gasteiger charge is -2.14. The van der Waals surface area contributed by atoms with E-state index in [-0.39, 0.29) is 5.56 Å². The molecule has 0 fully saturated rings. The van der Waals surface area contributed by atoms with Crippen LogP contribution in [0.1, 0.15) is 10.4 Å². The number of nitrogens with zero attached hydrogens (tertiary/aromatic N) is 2. The van der Waals surface area contributed by atoms with Crippen molar-refractivity contribution in [2.75, 3.05) is 13.1 Å². The molecule has 0 spiro atoms. The van der Waals surface area contributed by atoms with Gasteiger partial charge in [0.2, 0.25) is 0 Å². The standard InChI is InChI=1S/C11H12F2N4O/c12-11(13,6-14)7-15-10(18)8-5-16-17-4-2-1-3-9(8)17/h1-5H,6-7,14H2,(H,15,18). The molecule has 0 radical (unpaired) electrons. The normalized spacial score (nSPS) is 11.7. The van der Waals surface area contributed by atoms with Crippen LogP contribution in [0.2, 0.25) is 0 Å². The molecule has 0 saturated heterocycles. The summed E-state index contributed by atoms with van der Waals surface area (Å²) in [6.45, 7) is -1.59. The molecule has 3 N–H and O–H groups in total. The predicted octanol–water partition coefficient (Wildman–Crippen LogP) is 0.658. The van der Waals surface area contributed by atoms with Gasteiger partial charge in [0.25, 0.3) is 11.8 Å². The summed E-state index contributed by atoms with van der Waals surface area (Å²) < 4.78 is 27.3. The first-order chi connectivity index (χ1) is 8.53. The van der Waals surface area contributed by atoms with Crippen LogP contribution in [0.15, 0.2) is 30.6 Å². The highest BCUT2D eigenvalue weighted by Crippen LogP contribution is 2.12. The summed E-state index contributed by atoms with van der Waals surface area (Å²) in [6.07, 6.45) is 3.01. The van der Waals surface area contributed by atoms with E-state index in [1.165, 1.54) is 10.7 Å². The van der Waals surface area contributed by atoms with Crippen LogP contribution in [0.5, 0.6) is 0 Å². The molecule has 96 valence electrons. The molecule has 18 heavy (non-hydrogen) atoms.